The lowest BCUT2D eigenvalue weighted by Gasteiger charge is -2.23. The van der Waals surface area contributed by atoms with Crippen molar-refractivity contribution in [2.45, 2.75) is 18.1 Å². The lowest BCUT2D eigenvalue weighted by atomic mass is 10.1. The summed E-state index contributed by atoms with van der Waals surface area (Å²) in [5, 5.41) is 3.66. The number of rotatable bonds is 4. The summed E-state index contributed by atoms with van der Waals surface area (Å²) in [6, 6.07) is 11.5. The normalized spacial score (nSPS) is 16.8. The van der Waals surface area contributed by atoms with E-state index in [4.69, 9.17) is 0 Å². The molecule has 6 heteroatoms. The van der Waals surface area contributed by atoms with E-state index in [1.807, 2.05) is 30.3 Å². The van der Waals surface area contributed by atoms with Gasteiger partial charge in [-0.2, -0.15) is 0 Å². The quantitative estimate of drug-likeness (QED) is 0.865. The van der Waals surface area contributed by atoms with Gasteiger partial charge in [0.05, 0.1) is 5.92 Å². The smallest absolute Gasteiger partial charge is 0.254 e. The predicted molar refractivity (Wildman–Crippen MR) is 85.9 cm³/mol. The fourth-order valence-corrected chi connectivity index (χ4v) is 3.49. The summed E-state index contributed by atoms with van der Waals surface area (Å²) < 4.78 is 1.58. The van der Waals surface area contributed by atoms with E-state index in [0.29, 0.717) is 24.0 Å². The molecule has 0 spiro atoms. The highest BCUT2D eigenvalue weighted by Gasteiger charge is 2.26. The Morgan fingerprint density at radius 2 is 2.14 bits per heavy atom. The molecule has 3 rings (SSSR count). The maximum Gasteiger partial charge on any atom is 0.254 e. The van der Waals surface area contributed by atoms with Crippen molar-refractivity contribution < 1.29 is 4.79 Å². The zero-order chi connectivity index (χ0) is 15.4. The number of fused-ring (bicyclic) bond motifs is 1. The molecule has 0 aliphatic carbocycles. The second-order valence-electron chi connectivity index (χ2n) is 5.21. The largest absolute Gasteiger partial charge is 0.355 e. The van der Waals surface area contributed by atoms with Crippen molar-refractivity contribution in [2.75, 3.05) is 12.3 Å². The summed E-state index contributed by atoms with van der Waals surface area (Å²) in [5.74, 6) is 0.480. The van der Waals surface area contributed by atoms with Crippen LogP contribution >= 0.6 is 11.8 Å². The van der Waals surface area contributed by atoms with Gasteiger partial charge in [-0.25, -0.2) is 4.98 Å². The van der Waals surface area contributed by atoms with E-state index < -0.39 is 0 Å². The first kappa shape index (κ1) is 14.8. The van der Waals surface area contributed by atoms with Gasteiger partial charge in [0.15, 0.2) is 5.16 Å². The Hall–Kier alpha value is -2.08. The Balaban J connectivity index is 1.55. The summed E-state index contributed by atoms with van der Waals surface area (Å²) in [5.41, 5.74) is 1.10. The average Bonchev–Trinajstić information content (AvgIpc) is 2.56. The van der Waals surface area contributed by atoms with Crippen molar-refractivity contribution in [3.8, 4) is 0 Å². The highest BCUT2D eigenvalue weighted by Crippen LogP contribution is 2.24. The van der Waals surface area contributed by atoms with Crippen LogP contribution in [0.4, 0.5) is 0 Å². The third kappa shape index (κ3) is 3.39. The molecule has 0 saturated heterocycles. The maximum absolute atomic E-state index is 12.2. The van der Waals surface area contributed by atoms with Crippen LogP contribution in [0.1, 0.15) is 5.56 Å². The first-order valence-corrected chi connectivity index (χ1v) is 8.23. The molecule has 1 N–H and O–H groups in total. The molecule has 114 valence electrons. The molecule has 0 bridgehead atoms. The fourth-order valence-electron chi connectivity index (χ4n) is 2.43. The van der Waals surface area contributed by atoms with Gasteiger partial charge in [-0.1, -0.05) is 42.1 Å². The lowest BCUT2D eigenvalue weighted by molar-refractivity contribution is -0.124. The van der Waals surface area contributed by atoms with Crippen molar-refractivity contribution in [1.82, 2.24) is 14.9 Å². The Bertz CT molecular complexity index is 715. The van der Waals surface area contributed by atoms with E-state index in [-0.39, 0.29) is 17.4 Å². The highest BCUT2D eigenvalue weighted by molar-refractivity contribution is 7.99. The number of aromatic nitrogens is 2. The van der Waals surface area contributed by atoms with Gasteiger partial charge in [-0.3, -0.25) is 14.2 Å². The van der Waals surface area contributed by atoms with Crippen LogP contribution in [0.25, 0.3) is 0 Å². The van der Waals surface area contributed by atoms with Crippen LogP contribution in [0.15, 0.2) is 52.5 Å². The Labute approximate surface area is 132 Å². The molecule has 2 aromatic rings. The Morgan fingerprint density at radius 3 is 2.95 bits per heavy atom. The summed E-state index contributed by atoms with van der Waals surface area (Å²) in [6.07, 6.45) is 2.33. The van der Waals surface area contributed by atoms with E-state index >= 15 is 0 Å². The van der Waals surface area contributed by atoms with E-state index in [9.17, 15) is 9.59 Å². The van der Waals surface area contributed by atoms with Crippen LogP contribution < -0.4 is 10.9 Å². The molecule has 22 heavy (non-hydrogen) atoms. The van der Waals surface area contributed by atoms with Gasteiger partial charge in [0.25, 0.3) is 5.56 Å². The van der Waals surface area contributed by atoms with Gasteiger partial charge in [-0.15, -0.1) is 0 Å². The van der Waals surface area contributed by atoms with Crippen LogP contribution in [-0.2, 0) is 17.8 Å². The Kier molecular flexibility index (Phi) is 4.58. The fraction of sp³-hybridized carbons (Fsp3) is 0.312. The molecular weight excluding hydrogens is 298 g/mol. The molecule has 1 aliphatic rings. The minimum atomic E-state index is -0.185. The number of thioether (sulfide) groups is 1. The molecule has 1 aromatic heterocycles. The number of hydrogen-bond donors (Lipinski definition) is 1. The van der Waals surface area contributed by atoms with Gasteiger partial charge in [-0.05, 0) is 12.0 Å². The number of benzene rings is 1. The highest BCUT2D eigenvalue weighted by atomic mass is 32.2. The molecule has 0 radical (unpaired) electrons. The maximum atomic E-state index is 12.2. The van der Waals surface area contributed by atoms with Crippen molar-refractivity contribution in [3.63, 3.8) is 0 Å². The number of hydrogen-bond acceptors (Lipinski definition) is 4. The summed E-state index contributed by atoms with van der Waals surface area (Å²) in [6.45, 7) is 1.02. The number of carbonyl (C=O) groups is 1. The van der Waals surface area contributed by atoms with Crippen molar-refractivity contribution in [3.05, 3.63) is 58.5 Å². The van der Waals surface area contributed by atoms with Crippen LogP contribution in [0.2, 0.25) is 0 Å². The minimum absolute atomic E-state index is 0.00448. The van der Waals surface area contributed by atoms with Crippen molar-refractivity contribution in [1.29, 1.82) is 0 Å². The second kappa shape index (κ2) is 6.79. The van der Waals surface area contributed by atoms with Crippen LogP contribution in [0.5, 0.6) is 0 Å². The van der Waals surface area contributed by atoms with E-state index in [1.54, 1.807) is 4.57 Å². The molecule has 1 aromatic carbocycles. The number of amides is 1. The summed E-state index contributed by atoms with van der Waals surface area (Å²) in [7, 11) is 0. The van der Waals surface area contributed by atoms with Crippen molar-refractivity contribution >= 4 is 17.7 Å². The number of nitrogens with zero attached hydrogens (tertiary/aromatic N) is 2. The molecule has 5 nitrogen and oxygen atoms in total. The van der Waals surface area contributed by atoms with Crippen molar-refractivity contribution in [2.24, 2.45) is 5.92 Å². The van der Waals surface area contributed by atoms with E-state index in [0.717, 1.165) is 6.42 Å². The van der Waals surface area contributed by atoms with Gasteiger partial charge < -0.3 is 5.32 Å². The number of carbonyl (C=O) groups excluding carboxylic acids is 1. The molecule has 1 amide bonds. The molecular formula is C16H17N3O2S. The van der Waals surface area contributed by atoms with E-state index in [1.165, 1.54) is 29.6 Å². The van der Waals surface area contributed by atoms with E-state index in [2.05, 4.69) is 10.3 Å². The predicted octanol–water partition coefficient (Wildman–Crippen LogP) is 1.32. The average molecular weight is 315 g/mol. The second-order valence-corrected chi connectivity index (χ2v) is 6.20. The third-order valence-electron chi connectivity index (χ3n) is 3.64. The summed E-state index contributed by atoms with van der Waals surface area (Å²) in [4.78, 5) is 28.2. The monoisotopic (exact) mass is 315 g/mol. The summed E-state index contributed by atoms with van der Waals surface area (Å²) >= 11 is 1.46. The Morgan fingerprint density at radius 1 is 1.32 bits per heavy atom. The topological polar surface area (TPSA) is 64.0 Å². The first-order chi connectivity index (χ1) is 10.7. The van der Waals surface area contributed by atoms with Gasteiger partial charge >= 0.3 is 0 Å². The SMILES string of the molecule is O=C(NCCc1ccccc1)C1CSc2nccc(=O)n2C1. The molecule has 1 unspecified atom stereocenters. The van der Waals surface area contributed by atoms with Gasteiger partial charge in [0.1, 0.15) is 0 Å². The molecule has 0 fully saturated rings. The van der Waals surface area contributed by atoms with Crippen LogP contribution in [0.3, 0.4) is 0 Å². The minimum Gasteiger partial charge on any atom is -0.355 e. The third-order valence-corrected chi connectivity index (χ3v) is 4.80. The lowest BCUT2D eigenvalue weighted by Crippen LogP contribution is -2.40. The standard InChI is InChI=1S/C16H17N3O2S/c20-14-7-9-18-16-19(14)10-13(11-22-16)15(21)17-8-6-12-4-2-1-3-5-12/h1-5,7,9,13H,6,8,10-11H2,(H,17,21). The van der Waals surface area contributed by atoms with Gasteiger partial charge in [0.2, 0.25) is 5.91 Å². The zero-order valence-corrected chi connectivity index (χ0v) is 12.9. The molecule has 0 saturated carbocycles. The first-order valence-electron chi connectivity index (χ1n) is 7.24. The molecule has 1 atom stereocenters. The van der Waals surface area contributed by atoms with Crippen LogP contribution in [-0.4, -0.2) is 27.8 Å². The zero-order valence-electron chi connectivity index (χ0n) is 12.1. The number of nitrogens with one attached hydrogen (secondary N) is 1. The van der Waals surface area contributed by atoms with Gasteiger partial charge in [0, 0.05) is 31.1 Å². The molecule has 1 aliphatic heterocycles. The van der Waals surface area contributed by atoms with Crippen LogP contribution in [0, 0.1) is 5.92 Å². The molecule has 2 heterocycles.